The third-order valence-corrected chi connectivity index (χ3v) is 5.57. The summed E-state index contributed by atoms with van der Waals surface area (Å²) in [5, 5.41) is 15.5. The molecule has 37 heavy (non-hydrogen) atoms. The molecule has 0 aliphatic carbocycles. The molecule has 0 aliphatic heterocycles. The second-order valence-electron chi connectivity index (χ2n) is 8.04. The Morgan fingerprint density at radius 2 is 1.41 bits per heavy atom. The van der Waals surface area contributed by atoms with E-state index in [0.29, 0.717) is 34.6 Å². The van der Waals surface area contributed by atoms with Crippen molar-refractivity contribution in [1.82, 2.24) is 5.43 Å². The van der Waals surface area contributed by atoms with Crippen LogP contribution in [0.15, 0.2) is 114 Å². The molecule has 0 saturated heterocycles. The molecule has 1 amide bonds. The molecule has 4 aromatic rings. The maximum Gasteiger partial charge on any atom is 0.343 e. The van der Waals surface area contributed by atoms with E-state index in [1.165, 1.54) is 6.21 Å². The Hall–Kier alpha value is -4.75. The number of esters is 1. The van der Waals surface area contributed by atoms with Gasteiger partial charge in [0.25, 0.3) is 5.91 Å². The lowest BCUT2D eigenvalue weighted by molar-refractivity contribution is -0.136. The lowest BCUT2D eigenvalue weighted by Gasteiger charge is -2.27. The number of ether oxygens (including phenoxy) is 2. The highest BCUT2D eigenvalue weighted by molar-refractivity contribution is 5.92. The summed E-state index contributed by atoms with van der Waals surface area (Å²) in [6.45, 7) is 2.17. The number of benzene rings is 4. The van der Waals surface area contributed by atoms with Crippen LogP contribution in [0, 0.1) is 0 Å². The summed E-state index contributed by atoms with van der Waals surface area (Å²) in [5.74, 6) is -0.595. The van der Waals surface area contributed by atoms with Gasteiger partial charge in [-0.05, 0) is 53.9 Å². The van der Waals surface area contributed by atoms with Gasteiger partial charge in [-0.25, -0.2) is 10.2 Å². The Morgan fingerprint density at radius 3 is 1.97 bits per heavy atom. The third kappa shape index (κ3) is 5.91. The van der Waals surface area contributed by atoms with Crippen LogP contribution in [0.5, 0.6) is 11.5 Å². The molecule has 0 aliphatic rings. The fourth-order valence-corrected chi connectivity index (χ4v) is 3.72. The van der Waals surface area contributed by atoms with Crippen molar-refractivity contribution in [2.24, 2.45) is 5.10 Å². The second kappa shape index (κ2) is 11.8. The molecule has 0 saturated carbocycles. The Morgan fingerprint density at radius 1 is 0.838 bits per heavy atom. The summed E-state index contributed by atoms with van der Waals surface area (Å²) in [5.41, 5.74) is 2.34. The molecule has 2 N–H and O–H groups in total. The number of aliphatic hydroxyl groups is 1. The van der Waals surface area contributed by atoms with E-state index >= 15 is 0 Å². The lowest BCUT2D eigenvalue weighted by Crippen LogP contribution is -2.43. The summed E-state index contributed by atoms with van der Waals surface area (Å²) in [4.78, 5) is 25.6. The first kappa shape index (κ1) is 25.3. The first-order chi connectivity index (χ1) is 18.0. The van der Waals surface area contributed by atoms with Crippen molar-refractivity contribution in [3.8, 4) is 11.5 Å². The smallest absolute Gasteiger partial charge is 0.343 e. The highest BCUT2D eigenvalue weighted by Gasteiger charge is 2.39. The fraction of sp³-hybridized carbons (Fsp3) is 0.100. The van der Waals surface area contributed by atoms with Crippen LogP contribution in [0.4, 0.5) is 0 Å². The second-order valence-corrected chi connectivity index (χ2v) is 8.04. The number of hydrazone groups is 1. The molecule has 0 fully saturated rings. The number of carbonyl (C=O) groups excluding carboxylic acids is 2. The summed E-state index contributed by atoms with van der Waals surface area (Å²) < 4.78 is 11.2. The normalized spacial score (nSPS) is 11.2. The van der Waals surface area contributed by atoms with Gasteiger partial charge in [-0.1, -0.05) is 78.9 Å². The van der Waals surface area contributed by atoms with Gasteiger partial charge in [0.2, 0.25) is 0 Å². The molecule has 186 valence electrons. The maximum atomic E-state index is 13.2. The van der Waals surface area contributed by atoms with Crippen molar-refractivity contribution in [2.45, 2.75) is 12.5 Å². The summed E-state index contributed by atoms with van der Waals surface area (Å²) in [7, 11) is 0. The minimum atomic E-state index is -1.94. The van der Waals surface area contributed by atoms with Crippen LogP contribution in [0.2, 0.25) is 0 Å². The third-order valence-electron chi connectivity index (χ3n) is 5.57. The molecule has 0 heterocycles. The molecule has 7 nitrogen and oxygen atoms in total. The van der Waals surface area contributed by atoms with Gasteiger partial charge in [-0.15, -0.1) is 0 Å². The summed E-state index contributed by atoms with van der Waals surface area (Å²) in [6, 6.07) is 30.9. The predicted octanol–water partition coefficient (Wildman–Crippen LogP) is 4.69. The van der Waals surface area contributed by atoms with Crippen LogP contribution < -0.4 is 14.9 Å². The Labute approximate surface area is 215 Å². The van der Waals surface area contributed by atoms with Crippen molar-refractivity contribution < 1.29 is 24.2 Å². The Bertz CT molecular complexity index is 1330. The average molecular weight is 495 g/mol. The van der Waals surface area contributed by atoms with Crippen LogP contribution in [0.3, 0.4) is 0 Å². The molecule has 0 aromatic heterocycles. The Balaban J connectivity index is 1.53. The van der Waals surface area contributed by atoms with E-state index in [1.807, 2.05) is 25.1 Å². The fourth-order valence-electron chi connectivity index (χ4n) is 3.72. The highest BCUT2D eigenvalue weighted by atomic mass is 16.6. The van der Waals surface area contributed by atoms with Crippen LogP contribution in [0.25, 0.3) is 0 Å². The van der Waals surface area contributed by atoms with Crippen molar-refractivity contribution in [2.75, 3.05) is 6.61 Å². The molecule has 0 radical (unpaired) electrons. The molecule has 0 unspecified atom stereocenters. The molecule has 0 spiro atoms. The molecular formula is C30H26N2O5. The van der Waals surface area contributed by atoms with E-state index in [2.05, 4.69) is 10.5 Å². The van der Waals surface area contributed by atoms with Crippen LogP contribution in [0.1, 0.15) is 34.0 Å². The van der Waals surface area contributed by atoms with Gasteiger partial charge < -0.3 is 14.6 Å². The SMILES string of the molecule is CCOc1cc(/C=N/NC(=O)C(O)(c2ccccc2)c2ccccc2)ccc1OC(=O)c1ccccc1. The molecule has 0 atom stereocenters. The topological polar surface area (TPSA) is 97.2 Å². The predicted molar refractivity (Wildman–Crippen MR) is 141 cm³/mol. The number of hydrogen-bond donors (Lipinski definition) is 2. The zero-order valence-corrected chi connectivity index (χ0v) is 20.2. The van der Waals surface area contributed by atoms with Gasteiger partial charge >= 0.3 is 5.97 Å². The van der Waals surface area contributed by atoms with Gasteiger partial charge in [0, 0.05) is 0 Å². The van der Waals surface area contributed by atoms with E-state index < -0.39 is 17.5 Å². The molecule has 7 heteroatoms. The molecular weight excluding hydrogens is 468 g/mol. The van der Waals surface area contributed by atoms with Crippen LogP contribution >= 0.6 is 0 Å². The summed E-state index contributed by atoms with van der Waals surface area (Å²) >= 11 is 0. The first-order valence-corrected chi connectivity index (χ1v) is 11.7. The van der Waals surface area contributed by atoms with Crippen molar-refractivity contribution in [3.05, 3.63) is 131 Å². The number of nitrogens with zero attached hydrogens (tertiary/aromatic N) is 1. The number of hydrogen-bond acceptors (Lipinski definition) is 6. The quantitative estimate of drug-likeness (QED) is 0.152. The van der Waals surface area contributed by atoms with Crippen LogP contribution in [-0.2, 0) is 10.4 Å². The highest BCUT2D eigenvalue weighted by Crippen LogP contribution is 2.30. The minimum absolute atomic E-state index is 0.263. The first-order valence-electron chi connectivity index (χ1n) is 11.7. The standard InChI is InChI=1S/C30H26N2O5/c1-2-36-27-20-22(18-19-26(27)37-28(33)23-12-6-3-7-13-23)21-31-32-29(34)30(35,24-14-8-4-9-15-24)25-16-10-5-11-17-25/h3-21,35H,2H2,1H3,(H,32,34)/b31-21+. The molecule has 0 bridgehead atoms. The minimum Gasteiger partial charge on any atom is -0.490 e. The monoisotopic (exact) mass is 494 g/mol. The van der Waals surface area contributed by atoms with E-state index in [4.69, 9.17) is 9.47 Å². The number of carbonyl (C=O) groups is 2. The average Bonchev–Trinajstić information content (AvgIpc) is 2.95. The van der Waals surface area contributed by atoms with Crippen molar-refractivity contribution >= 4 is 18.1 Å². The van der Waals surface area contributed by atoms with E-state index in [-0.39, 0.29) is 5.75 Å². The Kier molecular flexibility index (Phi) is 8.08. The van der Waals surface area contributed by atoms with Gasteiger partial charge in [0.05, 0.1) is 18.4 Å². The van der Waals surface area contributed by atoms with Gasteiger partial charge in [0.1, 0.15) is 0 Å². The number of amides is 1. The van der Waals surface area contributed by atoms with Crippen molar-refractivity contribution in [3.63, 3.8) is 0 Å². The van der Waals surface area contributed by atoms with E-state index in [1.54, 1.807) is 91.0 Å². The lowest BCUT2D eigenvalue weighted by atomic mass is 9.85. The maximum absolute atomic E-state index is 13.2. The van der Waals surface area contributed by atoms with E-state index in [9.17, 15) is 14.7 Å². The summed E-state index contributed by atoms with van der Waals surface area (Å²) in [6.07, 6.45) is 1.42. The zero-order valence-electron chi connectivity index (χ0n) is 20.2. The zero-order chi connectivity index (χ0) is 26.1. The van der Waals surface area contributed by atoms with Crippen LogP contribution in [-0.4, -0.2) is 29.8 Å². The molecule has 4 rings (SSSR count). The molecule has 4 aromatic carbocycles. The van der Waals surface area contributed by atoms with Gasteiger partial charge in [0.15, 0.2) is 17.1 Å². The van der Waals surface area contributed by atoms with Gasteiger partial charge in [-0.2, -0.15) is 5.10 Å². The number of nitrogens with one attached hydrogen (secondary N) is 1. The van der Waals surface area contributed by atoms with Gasteiger partial charge in [-0.3, -0.25) is 4.79 Å². The van der Waals surface area contributed by atoms with Crippen molar-refractivity contribution in [1.29, 1.82) is 0 Å². The largest absolute Gasteiger partial charge is 0.490 e. The number of rotatable bonds is 9. The van der Waals surface area contributed by atoms with E-state index in [0.717, 1.165) is 0 Å².